The molecule has 8 heteroatoms. The van der Waals surface area contributed by atoms with Crippen LogP contribution < -0.4 is 9.47 Å². The molecule has 0 spiro atoms. The first-order valence-corrected chi connectivity index (χ1v) is 8.58. The number of hydrogen-bond donors (Lipinski definition) is 1. The summed E-state index contributed by atoms with van der Waals surface area (Å²) < 4.78 is 37.5. The lowest BCUT2D eigenvalue weighted by Gasteiger charge is -2.30. The monoisotopic (exact) mass is 390 g/mol. The van der Waals surface area contributed by atoms with Gasteiger partial charge < -0.3 is 14.6 Å². The molecule has 0 radical (unpaired) electrons. The van der Waals surface area contributed by atoms with Crippen molar-refractivity contribution in [2.45, 2.75) is 32.1 Å². The third kappa shape index (κ3) is 3.96. The van der Waals surface area contributed by atoms with Gasteiger partial charge in [-0.25, -0.2) is 8.78 Å². The van der Waals surface area contributed by atoms with Crippen molar-refractivity contribution in [2.75, 3.05) is 7.11 Å². The van der Waals surface area contributed by atoms with E-state index in [1.165, 1.54) is 19.1 Å². The Morgan fingerprint density at radius 1 is 1.25 bits per heavy atom. The molecule has 1 N–H and O–H groups in total. The first kappa shape index (κ1) is 19.8. The third-order valence-corrected chi connectivity index (χ3v) is 4.32. The largest absolute Gasteiger partial charge is 0.497 e. The molecule has 6 nitrogen and oxygen atoms in total. The molecule has 0 unspecified atom stereocenters. The molecule has 2 aromatic carbocycles. The van der Waals surface area contributed by atoms with Gasteiger partial charge in [-0.2, -0.15) is 10.1 Å². The number of methoxy groups -OCH3 is 1. The molecule has 2 aromatic rings. The van der Waals surface area contributed by atoms with Gasteiger partial charge in [0.15, 0.2) is 0 Å². The molecule has 0 fully saturated rings. The van der Waals surface area contributed by atoms with Gasteiger partial charge in [-0.3, -0.25) is 4.79 Å². The van der Waals surface area contributed by atoms with E-state index in [1.54, 1.807) is 43.5 Å². The van der Waals surface area contributed by atoms with Crippen LogP contribution in [0.5, 0.6) is 11.5 Å². The van der Waals surface area contributed by atoms with Gasteiger partial charge in [-0.1, -0.05) is 18.2 Å². The fourth-order valence-electron chi connectivity index (χ4n) is 2.91. The summed E-state index contributed by atoms with van der Waals surface area (Å²) in [4.78, 5) is 12.7. The normalized spacial score (nSPS) is 18.9. The van der Waals surface area contributed by atoms with Gasteiger partial charge in [0.05, 0.1) is 7.11 Å². The topological polar surface area (TPSA) is 71.4 Å². The van der Waals surface area contributed by atoms with Crippen molar-refractivity contribution in [3.05, 3.63) is 59.7 Å². The SMILES string of the molecule is COc1cccc(OCc2cccc(C(=O)N3N=C(C)C[C@]3(O)C(F)F)c2)c1. The Hall–Kier alpha value is -3.00. The van der Waals surface area contributed by atoms with Gasteiger partial charge in [0, 0.05) is 23.8 Å². The van der Waals surface area contributed by atoms with E-state index in [-0.39, 0.29) is 17.9 Å². The van der Waals surface area contributed by atoms with E-state index < -0.39 is 24.5 Å². The van der Waals surface area contributed by atoms with Gasteiger partial charge in [0.25, 0.3) is 12.3 Å². The fraction of sp³-hybridized carbons (Fsp3) is 0.300. The summed E-state index contributed by atoms with van der Waals surface area (Å²) in [7, 11) is 1.55. The second-order valence-corrected chi connectivity index (χ2v) is 6.48. The van der Waals surface area contributed by atoms with Crippen LogP contribution in [-0.2, 0) is 6.61 Å². The van der Waals surface area contributed by atoms with E-state index in [2.05, 4.69) is 5.10 Å². The predicted molar refractivity (Wildman–Crippen MR) is 98.6 cm³/mol. The number of carbonyl (C=O) groups is 1. The molecule has 1 atom stereocenters. The second-order valence-electron chi connectivity index (χ2n) is 6.48. The summed E-state index contributed by atoms with van der Waals surface area (Å²) in [5, 5.41) is 14.5. The quantitative estimate of drug-likeness (QED) is 0.820. The third-order valence-electron chi connectivity index (χ3n) is 4.32. The average molecular weight is 390 g/mol. The molecule has 28 heavy (non-hydrogen) atoms. The fourth-order valence-corrected chi connectivity index (χ4v) is 2.91. The first-order chi connectivity index (χ1) is 13.3. The van der Waals surface area contributed by atoms with Crippen molar-refractivity contribution in [1.82, 2.24) is 5.01 Å². The zero-order valence-corrected chi connectivity index (χ0v) is 15.4. The molecule has 148 valence electrons. The summed E-state index contributed by atoms with van der Waals surface area (Å²) >= 11 is 0. The number of alkyl halides is 2. The van der Waals surface area contributed by atoms with Crippen LogP contribution in [0.1, 0.15) is 29.3 Å². The Balaban J connectivity index is 1.76. The first-order valence-electron chi connectivity index (χ1n) is 8.58. The van der Waals surface area contributed by atoms with Gasteiger partial charge >= 0.3 is 0 Å². The van der Waals surface area contributed by atoms with Crippen LogP contribution in [-0.4, -0.2) is 41.0 Å². The minimum Gasteiger partial charge on any atom is -0.497 e. The van der Waals surface area contributed by atoms with E-state index >= 15 is 0 Å². The van der Waals surface area contributed by atoms with Crippen molar-refractivity contribution in [2.24, 2.45) is 5.10 Å². The van der Waals surface area contributed by atoms with Crippen LogP contribution in [0.2, 0.25) is 0 Å². The molecule has 1 aliphatic heterocycles. The Bertz CT molecular complexity index is 903. The lowest BCUT2D eigenvalue weighted by Crippen LogP contribution is -2.51. The van der Waals surface area contributed by atoms with Crippen LogP contribution in [0.25, 0.3) is 0 Å². The number of halogens is 2. The lowest BCUT2D eigenvalue weighted by molar-refractivity contribution is -0.164. The van der Waals surface area contributed by atoms with Gasteiger partial charge in [0.2, 0.25) is 5.72 Å². The number of amides is 1. The van der Waals surface area contributed by atoms with Crippen molar-refractivity contribution in [3.8, 4) is 11.5 Å². The zero-order chi connectivity index (χ0) is 20.3. The minimum absolute atomic E-state index is 0.129. The van der Waals surface area contributed by atoms with Crippen LogP contribution in [0.15, 0.2) is 53.6 Å². The number of carbonyl (C=O) groups excluding carboxylic acids is 1. The van der Waals surface area contributed by atoms with Crippen LogP contribution >= 0.6 is 0 Å². The number of hydrazone groups is 1. The molecular formula is C20H20F2N2O4. The highest BCUT2D eigenvalue weighted by atomic mass is 19.3. The summed E-state index contributed by atoms with van der Waals surface area (Å²) in [6.45, 7) is 1.65. The maximum atomic E-state index is 13.3. The van der Waals surface area contributed by atoms with Crippen LogP contribution in [0.3, 0.4) is 0 Å². The van der Waals surface area contributed by atoms with Gasteiger partial charge in [-0.05, 0) is 36.8 Å². The molecule has 0 saturated heterocycles. The standard InChI is InChI=1S/C20H20F2N2O4/c1-13-11-20(26,19(21)22)24(23-13)18(25)15-6-3-5-14(9-15)12-28-17-8-4-7-16(10-17)27-2/h3-10,19,26H,11-12H2,1-2H3/t20-/m0/s1. The molecule has 0 aromatic heterocycles. The van der Waals surface area contributed by atoms with Gasteiger partial charge in [-0.15, -0.1) is 0 Å². The number of ether oxygens (including phenoxy) is 2. The Kier molecular flexibility index (Phi) is 5.60. The minimum atomic E-state index is -3.14. The van der Waals surface area contributed by atoms with Gasteiger partial charge in [0.1, 0.15) is 18.1 Å². The van der Waals surface area contributed by atoms with E-state index in [1.807, 2.05) is 0 Å². The molecule has 0 aliphatic carbocycles. The highest BCUT2D eigenvalue weighted by molar-refractivity contribution is 5.97. The molecule has 0 bridgehead atoms. The average Bonchev–Trinajstić information content (AvgIpc) is 3.02. The molecule has 1 amide bonds. The van der Waals surface area contributed by atoms with E-state index in [9.17, 15) is 18.7 Å². The Morgan fingerprint density at radius 2 is 1.96 bits per heavy atom. The van der Waals surface area contributed by atoms with Crippen molar-refractivity contribution < 1.29 is 28.2 Å². The number of aliphatic hydroxyl groups is 1. The second kappa shape index (κ2) is 7.93. The lowest BCUT2D eigenvalue weighted by atomic mass is 10.1. The smallest absolute Gasteiger partial charge is 0.287 e. The summed E-state index contributed by atoms with van der Waals surface area (Å²) in [5.74, 6) is 0.431. The number of nitrogens with zero attached hydrogens (tertiary/aromatic N) is 2. The van der Waals surface area contributed by atoms with Crippen molar-refractivity contribution >= 4 is 11.6 Å². The zero-order valence-electron chi connectivity index (χ0n) is 15.4. The maximum Gasteiger partial charge on any atom is 0.287 e. The number of hydrogen-bond acceptors (Lipinski definition) is 5. The van der Waals surface area contributed by atoms with E-state index in [4.69, 9.17) is 9.47 Å². The highest BCUT2D eigenvalue weighted by Crippen LogP contribution is 2.32. The van der Waals surface area contributed by atoms with Crippen LogP contribution in [0.4, 0.5) is 8.78 Å². The predicted octanol–water partition coefficient (Wildman–Crippen LogP) is 3.45. The number of rotatable bonds is 6. The highest BCUT2D eigenvalue weighted by Gasteiger charge is 2.51. The summed E-state index contributed by atoms with van der Waals surface area (Å²) in [6, 6.07) is 13.4. The molecule has 0 saturated carbocycles. The summed E-state index contributed by atoms with van der Waals surface area (Å²) in [5.41, 5.74) is -1.58. The Labute approximate surface area is 161 Å². The van der Waals surface area contributed by atoms with Crippen molar-refractivity contribution in [3.63, 3.8) is 0 Å². The molecule has 1 aliphatic rings. The number of benzene rings is 2. The maximum absolute atomic E-state index is 13.3. The molecule has 3 rings (SSSR count). The van der Waals surface area contributed by atoms with E-state index in [0.717, 1.165) is 0 Å². The summed E-state index contributed by atoms with van der Waals surface area (Å²) in [6.07, 6.45) is -3.54. The van der Waals surface area contributed by atoms with Crippen LogP contribution in [0, 0.1) is 0 Å². The molecule has 1 heterocycles. The molecular weight excluding hydrogens is 370 g/mol. The van der Waals surface area contributed by atoms with Crippen molar-refractivity contribution in [1.29, 1.82) is 0 Å². The van der Waals surface area contributed by atoms with E-state index in [0.29, 0.717) is 22.1 Å². The Morgan fingerprint density at radius 3 is 2.68 bits per heavy atom.